The predicted molar refractivity (Wildman–Crippen MR) is 77.5 cm³/mol. The van der Waals surface area contributed by atoms with E-state index >= 15 is 0 Å². The Morgan fingerprint density at radius 2 is 1.84 bits per heavy atom. The van der Waals surface area contributed by atoms with Gasteiger partial charge in [0.05, 0.1) is 12.2 Å². The second-order valence-electron chi connectivity index (χ2n) is 5.41. The van der Waals surface area contributed by atoms with Crippen molar-refractivity contribution in [1.29, 1.82) is 0 Å². The topological polar surface area (TPSA) is 29.5 Å². The molecule has 1 aliphatic rings. The molecule has 0 radical (unpaired) electrons. The molecule has 0 unspecified atom stereocenters. The Balaban J connectivity index is 2.08. The first-order chi connectivity index (χ1) is 9.25. The molecule has 2 aromatic rings. The molecule has 0 amide bonds. The Bertz CT molecular complexity index is 568. The molecule has 0 heterocycles. The van der Waals surface area contributed by atoms with Crippen LogP contribution < -0.4 is 4.74 Å². The highest BCUT2D eigenvalue weighted by Gasteiger charge is 2.20. The number of hydrogen-bond acceptors (Lipinski definition) is 2. The standard InChI is InChI=1S/C17H20O2/c1-12(18)15-11-10-13-6-2-5-9-16(13)17(15)19-14-7-3-4-8-14/h2,5-6,9-12,14,18H,3-4,7-8H2,1H3/t12-/m0/s1. The summed E-state index contributed by atoms with van der Waals surface area (Å²) in [6.07, 6.45) is 4.56. The van der Waals surface area contributed by atoms with Crippen LogP contribution in [0.4, 0.5) is 0 Å². The van der Waals surface area contributed by atoms with Gasteiger partial charge in [-0.25, -0.2) is 0 Å². The lowest BCUT2D eigenvalue weighted by molar-refractivity contribution is 0.175. The predicted octanol–water partition coefficient (Wildman–Crippen LogP) is 4.21. The molecule has 1 saturated carbocycles. The minimum absolute atomic E-state index is 0.309. The van der Waals surface area contributed by atoms with Crippen molar-refractivity contribution in [2.75, 3.05) is 0 Å². The third kappa shape index (κ3) is 2.45. The van der Waals surface area contributed by atoms with Crippen LogP contribution in [-0.2, 0) is 0 Å². The van der Waals surface area contributed by atoms with Crippen molar-refractivity contribution >= 4 is 10.8 Å². The lowest BCUT2D eigenvalue weighted by atomic mass is 10.0. The summed E-state index contributed by atoms with van der Waals surface area (Å²) in [6, 6.07) is 12.3. The molecule has 0 saturated heterocycles. The molecule has 19 heavy (non-hydrogen) atoms. The Kier molecular flexibility index (Phi) is 3.43. The molecule has 100 valence electrons. The van der Waals surface area contributed by atoms with Gasteiger partial charge in [-0.3, -0.25) is 0 Å². The quantitative estimate of drug-likeness (QED) is 0.891. The molecule has 0 bridgehead atoms. The van der Waals surface area contributed by atoms with Crippen molar-refractivity contribution in [3.63, 3.8) is 0 Å². The third-order valence-corrected chi connectivity index (χ3v) is 3.95. The van der Waals surface area contributed by atoms with E-state index in [1.165, 1.54) is 18.2 Å². The highest BCUT2D eigenvalue weighted by atomic mass is 16.5. The number of rotatable bonds is 3. The van der Waals surface area contributed by atoms with Gasteiger partial charge in [-0.15, -0.1) is 0 Å². The average molecular weight is 256 g/mol. The van der Waals surface area contributed by atoms with Gasteiger partial charge < -0.3 is 9.84 Å². The van der Waals surface area contributed by atoms with Crippen LogP contribution in [0.2, 0.25) is 0 Å². The van der Waals surface area contributed by atoms with Crippen molar-refractivity contribution < 1.29 is 9.84 Å². The first-order valence-corrected chi connectivity index (χ1v) is 7.12. The zero-order valence-corrected chi connectivity index (χ0v) is 11.3. The Hall–Kier alpha value is -1.54. The van der Waals surface area contributed by atoms with Crippen LogP contribution in [0.1, 0.15) is 44.3 Å². The number of ether oxygens (including phenoxy) is 1. The lowest BCUT2D eigenvalue weighted by Crippen LogP contribution is -2.13. The van der Waals surface area contributed by atoms with Gasteiger partial charge in [0.1, 0.15) is 5.75 Å². The molecule has 1 aliphatic carbocycles. The minimum atomic E-state index is -0.499. The van der Waals surface area contributed by atoms with Gasteiger partial charge in [0.2, 0.25) is 0 Å². The zero-order chi connectivity index (χ0) is 13.2. The van der Waals surface area contributed by atoms with Crippen LogP contribution >= 0.6 is 0 Å². The van der Waals surface area contributed by atoms with E-state index in [1.54, 1.807) is 6.92 Å². The summed E-state index contributed by atoms with van der Waals surface area (Å²) < 4.78 is 6.22. The van der Waals surface area contributed by atoms with Crippen molar-refractivity contribution in [3.8, 4) is 5.75 Å². The monoisotopic (exact) mass is 256 g/mol. The van der Waals surface area contributed by atoms with E-state index in [9.17, 15) is 5.11 Å². The summed E-state index contributed by atoms with van der Waals surface area (Å²) in [5, 5.41) is 12.2. The first kappa shape index (κ1) is 12.5. The molecule has 1 N–H and O–H groups in total. The summed E-state index contributed by atoms with van der Waals surface area (Å²) in [6.45, 7) is 1.80. The van der Waals surface area contributed by atoms with Crippen LogP contribution in [0.15, 0.2) is 36.4 Å². The van der Waals surface area contributed by atoms with E-state index in [4.69, 9.17) is 4.74 Å². The molecule has 3 rings (SSSR count). The first-order valence-electron chi connectivity index (χ1n) is 7.12. The molecule has 1 fully saturated rings. The lowest BCUT2D eigenvalue weighted by Gasteiger charge is -2.20. The molecule has 0 spiro atoms. The van der Waals surface area contributed by atoms with Gasteiger partial charge in [-0.2, -0.15) is 0 Å². The third-order valence-electron chi connectivity index (χ3n) is 3.95. The highest BCUT2D eigenvalue weighted by Crippen LogP contribution is 2.36. The van der Waals surface area contributed by atoms with Crippen molar-refractivity contribution in [2.24, 2.45) is 0 Å². The molecule has 2 aromatic carbocycles. The summed E-state index contributed by atoms with van der Waals surface area (Å²) in [5.41, 5.74) is 0.894. The molecule has 2 nitrogen and oxygen atoms in total. The minimum Gasteiger partial charge on any atom is -0.489 e. The summed E-state index contributed by atoms with van der Waals surface area (Å²) >= 11 is 0. The van der Waals surface area contributed by atoms with Gasteiger partial charge >= 0.3 is 0 Å². The normalized spacial score (nSPS) is 17.8. The number of fused-ring (bicyclic) bond motifs is 1. The average Bonchev–Trinajstić information content (AvgIpc) is 2.92. The maximum atomic E-state index is 9.96. The van der Waals surface area contributed by atoms with Gasteiger partial charge in [-0.05, 0) is 38.0 Å². The second-order valence-corrected chi connectivity index (χ2v) is 5.41. The fraction of sp³-hybridized carbons (Fsp3) is 0.412. The van der Waals surface area contributed by atoms with E-state index < -0.39 is 6.10 Å². The van der Waals surface area contributed by atoms with E-state index in [-0.39, 0.29) is 0 Å². The van der Waals surface area contributed by atoms with Gasteiger partial charge in [0.25, 0.3) is 0 Å². The van der Waals surface area contributed by atoms with E-state index in [2.05, 4.69) is 18.2 Å². The molecule has 2 heteroatoms. The van der Waals surface area contributed by atoms with Crippen molar-refractivity contribution in [2.45, 2.75) is 44.8 Å². The molecule has 1 atom stereocenters. The maximum absolute atomic E-state index is 9.96. The number of hydrogen-bond donors (Lipinski definition) is 1. The van der Waals surface area contributed by atoms with Crippen molar-refractivity contribution in [1.82, 2.24) is 0 Å². The zero-order valence-electron chi connectivity index (χ0n) is 11.3. The fourth-order valence-corrected chi connectivity index (χ4v) is 2.89. The van der Waals surface area contributed by atoms with E-state index in [0.717, 1.165) is 29.5 Å². The molecule has 0 aromatic heterocycles. The molecular weight excluding hydrogens is 236 g/mol. The molecule has 0 aliphatic heterocycles. The van der Waals surface area contributed by atoms with Crippen LogP contribution in [0.3, 0.4) is 0 Å². The summed E-state index contributed by atoms with van der Waals surface area (Å²) in [4.78, 5) is 0. The number of benzene rings is 2. The number of aliphatic hydroxyl groups excluding tert-OH is 1. The van der Waals surface area contributed by atoms with E-state index in [1.807, 2.05) is 18.2 Å². The van der Waals surface area contributed by atoms with Crippen LogP contribution in [0.25, 0.3) is 10.8 Å². The van der Waals surface area contributed by atoms with E-state index in [0.29, 0.717) is 6.10 Å². The Morgan fingerprint density at radius 3 is 2.58 bits per heavy atom. The van der Waals surface area contributed by atoms with Crippen LogP contribution in [-0.4, -0.2) is 11.2 Å². The SMILES string of the molecule is C[C@H](O)c1ccc2ccccc2c1OC1CCCC1. The van der Waals surface area contributed by atoms with Gasteiger partial charge in [0.15, 0.2) is 0 Å². The van der Waals surface area contributed by atoms with Gasteiger partial charge in [0, 0.05) is 10.9 Å². The van der Waals surface area contributed by atoms with Crippen LogP contribution in [0, 0.1) is 0 Å². The van der Waals surface area contributed by atoms with Crippen molar-refractivity contribution in [3.05, 3.63) is 42.0 Å². The summed E-state index contributed by atoms with van der Waals surface area (Å²) in [7, 11) is 0. The fourth-order valence-electron chi connectivity index (χ4n) is 2.89. The smallest absolute Gasteiger partial charge is 0.133 e. The number of aliphatic hydroxyl groups is 1. The van der Waals surface area contributed by atoms with Crippen LogP contribution in [0.5, 0.6) is 5.75 Å². The molecular formula is C17H20O2. The Morgan fingerprint density at radius 1 is 1.11 bits per heavy atom. The summed E-state index contributed by atoms with van der Waals surface area (Å²) in [5.74, 6) is 0.875. The maximum Gasteiger partial charge on any atom is 0.133 e. The highest BCUT2D eigenvalue weighted by molar-refractivity contribution is 5.89. The largest absolute Gasteiger partial charge is 0.489 e. The second kappa shape index (κ2) is 5.22. The van der Waals surface area contributed by atoms with Gasteiger partial charge in [-0.1, -0.05) is 36.4 Å². The Labute approximate surface area is 114 Å².